The lowest BCUT2D eigenvalue weighted by Gasteiger charge is -2.24. The van der Waals surface area contributed by atoms with E-state index >= 15 is 0 Å². The molecule has 2 heterocycles. The molecule has 20 heavy (non-hydrogen) atoms. The third kappa shape index (κ3) is 3.80. The Kier molecular flexibility index (Phi) is 5.55. The Morgan fingerprint density at radius 3 is 3.10 bits per heavy atom. The van der Waals surface area contributed by atoms with Crippen LogP contribution in [0.25, 0.3) is 0 Å². The van der Waals surface area contributed by atoms with Gasteiger partial charge in [-0.15, -0.1) is 5.10 Å². The third-order valence-electron chi connectivity index (χ3n) is 3.61. The van der Waals surface area contributed by atoms with Crippen LogP contribution in [-0.4, -0.2) is 42.7 Å². The van der Waals surface area contributed by atoms with Crippen LogP contribution in [0.2, 0.25) is 0 Å². The minimum Gasteiger partial charge on any atom is -0.480 e. The van der Waals surface area contributed by atoms with E-state index < -0.39 is 0 Å². The van der Waals surface area contributed by atoms with E-state index in [0.717, 1.165) is 32.6 Å². The van der Waals surface area contributed by atoms with Crippen LogP contribution in [0.3, 0.4) is 0 Å². The lowest BCUT2D eigenvalue weighted by Crippen LogP contribution is -2.43. The fraction of sp³-hybridized carbons (Fsp3) is 0.714. The molecular formula is C14H23N3O3. The summed E-state index contributed by atoms with van der Waals surface area (Å²) >= 11 is 0. The summed E-state index contributed by atoms with van der Waals surface area (Å²) in [5.41, 5.74) is -0.104. The highest BCUT2D eigenvalue weighted by Gasteiger charge is 2.26. The van der Waals surface area contributed by atoms with Crippen molar-refractivity contribution in [3.8, 4) is 5.88 Å². The number of nitrogens with one attached hydrogen (secondary N) is 1. The van der Waals surface area contributed by atoms with E-state index in [2.05, 4.69) is 17.3 Å². The fourth-order valence-corrected chi connectivity index (χ4v) is 2.44. The SMILES string of the molecule is CCCNC(Cn1nc(OC)ccc1=O)C1CCOC1. The van der Waals surface area contributed by atoms with Gasteiger partial charge in [-0.1, -0.05) is 6.92 Å². The van der Waals surface area contributed by atoms with Gasteiger partial charge in [0.25, 0.3) is 5.56 Å². The second-order valence-corrected chi connectivity index (χ2v) is 5.08. The lowest BCUT2D eigenvalue weighted by molar-refractivity contribution is 0.172. The molecule has 0 saturated carbocycles. The molecule has 0 bridgehead atoms. The summed E-state index contributed by atoms with van der Waals surface area (Å²) in [7, 11) is 1.55. The van der Waals surface area contributed by atoms with Crippen LogP contribution in [0.1, 0.15) is 19.8 Å². The minimum atomic E-state index is -0.104. The molecule has 6 heteroatoms. The third-order valence-corrected chi connectivity index (χ3v) is 3.61. The Labute approximate surface area is 119 Å². The zero-order valence-corrected chi connectivity index (χ0v) is 12.2. The van der Waals surface area contributed by atoms with E-state index in [9.17, 15) is 4.79 Å². The smallest absolute Gasteiger partial charge is 0.267 e. The molecule has 112 valence electrons. The van der Waals surface area contributed by atoms with Gasteiger partial charge in [-0.3, -0.25) is 4.79 Å². The van der Waals surface area contributed by atoms with E-state index in [1.165, 1.54) is 10.7 Å². The normalized spacial score (nSPS) is 20.0. The van der Waals surface area contributed by atoms with Gasteiger partial charge in [-0.25, -0.2) is 4.68 Å². The molecule has 2 unspecified atom stereocenters. The van der Waals surface area contributed by atoms with Gasteiger partial charge in [0.2, 0.25) is 5.88 Å². The average Bonchev–Trinajstić information content (AvgIpc) is 2.99. The van der Waals surface area contributed by atoms with Crippen molar-refractivity contribution in [2.45, 2.75) is 32.4 Å². The maximum Gasteiger partial charge on any atom is 0.267 e. The van der Waals surface area contributed by atoms with E-state index in [0.29, 0.717) is 18.3 Å². The second kappa shape index (κ2) is 7.40. The van der Waals surface area contributed by atoms with Crippen molar-refractivity contribution in [1.82, 2.24) is 15.1 Å². The number of aromatic nitrogens is 2. The highest BCUT2D eigenvalue weighted by atomic mass is 16.5. The van der Waals surface area contributed by atoms with Crippen molar-refractivity contribution in [1.29, 1.82) is 0 Å². The molecule has 0 aliphatic carbocycles. The molecular weight excluding hydrogens is 258 g/mol. The monoisotopic (exact) mass is 281 g/mol. The molecule has 1 aromatic rings. The lowest BCUT2D eigenvalue weighted by atomic mass is 9.99. The molecule has 2 rings (SSSR count). The largest absolute Gasteiger partial charge is 0.480 e. The van der Waals surface area contributed by atoms with Crippen LogP contribution >= 0.6 is 0 Å². The average molecular weight is 281 g/mol. The minimum absolute atomic E-state index is 0.104. The van der Waals surface area contributed by atoms with Crippen LogP contribution in [0.4, 0.5) is 0 Å². The number of hydrogen-bond donors (Lipinski definition) is 1. The number of hydrogen-bond acceptors (Lipinski definition) is 5. The Morgan fingerprint density at radius 2 is 2.45 bits per heavy atom. The highest BCUT2D eigenvalue weighted by Crippen LogP contribution is 2.18. The fourth-order valence-electron chi connectivity index (χ4n) is 2.44. The van der Waals surface area contributed by atoms with Gasteiger partial charge in [-0.2, -0.15) is 0 Å². The Bertz CT molecular complexity index is 469. The summed E-state index contributed by atoms with van der Waals surface area (Å²) in [6.45, 7) is 5.16. The van der Waals surface area contributed by atoms with Crippen LogP contribution in [-0.2, 0) is 11.3 Å². The maximum atomic E-state index is 11.9. The molecule has 0 radical (unpaired) electrons. The van der Waals surface area contributed by atoms with Gasteiger partial charge >= 0.3 is 0 Å². The Morgan fingerprint density at radius 1 is 1.60 bits per heavy atom. The Hall–Kier alpha value is -1.40. The molecule has 0 aromatic carbocycles. The predicted octanol–water partition coefficient (Wildman–Crippen LogP) is 0.657. The number of nitrogens with zero attached hydrogens (tertiary/aromatic N) is 2. The summed E-state index contributed by atoms with van der Waals surface area (Å²) in [5, 5.41) is 7.72. The number of rotatable bonds is 7. The van der Waals surface area contributed by atoms with Crippen LogP contribution < -0.4 is 15.6 Å². The highest BCUT2D eigenvalue weighted by molar-refractivity contribution is 5.06. The molecule has 0 amide bonds. The zero-order chi connectivity index (χ0) is 14.4. The topological polar surface area (TPSA) is 65.4 Å². The van der Waals surface area contributed by atoms with Crippen molar-refractivity contribution in [3.63, 3.8) is 0 Å². The van der Waals surface area contributed by atoms with Gasteiger partial charge in [0.05, 0.1) is 20.3 Å². The van der Waals surface area contributed by atoms with E-state index in [1.54, 1.807) is 13.2 Å². The summed E-state index contributed by atoms with van der Waals surface area (Å²) < 4.78 is 12.0. The van der Waals surface area contributed by atoms with E-state index in [4.69, 9.17) is 9.47 Å². The van der Waals surface area contributed by atoms with Crippen molar-refractivity contribution in [3.05, 3.63) is 22.5 Å². The first-order chi connectivity index (χ1) is 9.74. The summed E-state index contributed by atoms with van der Waals surface area (Å²) in [4.78, 5) is 11.9. The van der Waals surface area contributed by atoms with Gasteiger partial charge in [0.1, 0.15) is 0 Å². The van der Waals surface area contributed by atoms with E-state index in [-0.39, 0.29) is 11.6 Å². The van der Waals surface area contributed by atoms with Gasteiger partial charge in [0.15, 0.2) is 0 Å². The van der Waals surface area contributed by atoms with Crippen molar-refractivity contribution in [2.24, 2.45) is 5.92 Å². The van der Waals surface area contributed by atoms with Gasteiger partial charge in [0, 0.05) is 30.7 Å². The summed E-state index contributed by atoms with van der Waals surface area (Å²) in [6, 6.07) is 3.29. The molecule has 1 aliphatic heterocycles. The molecule has 1 N–H and O–H groups in total. The zero-order valence-electron chi connectivity index (χ0n) is 12.2. The standard InChI is InChI=1S/C14H23N3O3/c1-3-7-15-12(11-6-8-20-10-11)9-17-14(18)5-4-13(16-17)19-2/h4-5,11-12,15H,3,6-10H2,1-2H3. The van der Waals surface area contributed by atoms with Gasteiger partial charge < -0.3 is 14.8 Å². The molecule has 0 spiro atoms. The second-order valence-electron chi connectivity index (χ2n) is 5.08. The van der Waals surface area contributed by atoms with Crippen LogP contribution in [0, 0.1) is 5.92 Å². The molecule has 1 aromatic heterocycles. The predicted molar refractivity (Wildman–Crippen MR) is 76.1 cm³/mol. The summed E-state index contributed by atoms with van der Waals surface area (Å²) in [6.07, 6.45) is 2.09. The first kappa shape index (κ1) is 15.0. The van der Waals surface area contributed by atoms with Crippen molar-refractivity contribution in [2.75, 3.05) is 26.9 Å². The summed E-state index contributed by atoms with van der Waals surface area (Å²) in [5.74, 6) is 0.892. The quantitative estimate of drug-likeness (QED) is 0.795. The van der Waals surface area contributed by atoms with Crippen LogP contribution in [0.15, 0.2) is 16.9 Å². The molecule has 6 nitrogen and oxygen atoms in total. The van der Waals surface area contributed by atoms with Crippen molar-refractivity contribution < 1.29 is 9.47 Å². The van der Waals surface area contributed by atoms with E-state index in [1.807, 2.05) is 0 Å². The first-order valence-corrected chi connectivity index (χ1v) is 7.18. The first-order valence-electron chi connectivity index (χ1n) is 7.18. The van der Waals surface area contributed by atoms with Crippen molar-refractivity contribution >= 4 is 0 Å². The number of methoxy groups -OCH3 is 1. The maximum absolute atomic E-state index is 11.9. The molecule has 1 aliphatic rings. The van der Waals surface area contributed by atoms with Crippen LogP contribution in [0.5, 0.6) is 5.88 Å². The van der Waals surface area contributed by atoms with Gasteiger partial charge in [-0.05, 0) is 19.4 Å². The number of ether oxygens (including phenoxy) is 2. The molecule has 2 atom stereocenters. The molecule has 1 saturated heterocycles. The molecule has 1 fully saturated rings. The Balaban J connectivity index is 2.11.